The summed E-state index contributed by atoms with van der Waals surface area (Å²) in [5, 5.41) is 3.34. The van der Waals surface area contributed by atoms with E-state index in [0.717, 1.165) is 11.3 Å². The Kier molecular flexibility index (Phi) is 5.31. The van der Waals surface area contributed by atoms with Crippen LogP contribution in [0, 0.1) is 6.92 Å². The van der Waals surface area contributed by atoms with Gasteiger partial charge in [-0.3, -0.25) is 14.9 Å². The van der Waals surface area contributed by atoms with Crippen molar-refractivity contribution in [3.63, 3.8) is 0 Å². The molecule has 0 saturated carbocycles. The number of aromatic nitrogens is 1. The number of hydrogen-bond acceptors (Lipinski definition) is 5. The van der Waals surface area contributed by atoms with Crippen LogP contribution >= 0.6 is 11.3 Å². The van der Waals surface area contributed by atoms with Crippen molar-refractivity contribution in [1.29, 1.82) is 0 Å². The van der Waals surface area contributed by atoms with Crippen LogP contribution in [0.5, 0.6) is 5.75 Å². The van der Waals surface area contributed by atoms with Crippen LogP contribution in [0.25, 0.3) is 0 Å². The number of hydrogen-bond donors (Lipinski definition) is 1. The maximum atomic E-state index is 12.7. The fourth-order valence-electron chi connectivity index (χ4n) is 3.21. The molecule has 0 saturated heterocycles. The van der Waals surface area contributed by atoms with E-state index in [9.17, 15) is 9.59 Å². The Balaban J connectivity index is 1.44. The van der Waals surface area contributed by atoms with Crippen LogP contribution in [-0.2, 0) is 16.0 Å². The number of thiazole rings is 1. The quantitative estimate of drug-likeness (QED) is 0.714. The largest absolute Gasteiger partial charge is 0.476 e. The molecule has 1 unspecified atom stereocenters. The molecule has 1 aliphatic heterocycles. The van der Waals surface area contributed by atoms with E-state index < -0.39 is 6.10 Å². The van der Waals surface area contributed by atoms with Crippen molar-refractivity contribution in [1.82, 2.24) is 4.98 Å². The molecule has 0 aliphatic carbocycles. The SMILES string of the molecule is CC(=O)N1CC(C(=O)Nc2ncc(Cc3ccc(C)cc3)s2)Oc2ccccc21. The average Bonchev–Trinajstić information content (AvgIpc) is 3.15. The standard InChI is InChI=1S/C22H21N3O3S/c1-14-7-9-16(10-8-14)11-17-12-23-22(29-17)24-21(27)20-13-25(15(2)26)18-5-3-4-6-19(18)28-20/h3-10,12,20H,11,13H2,1-2H3,(H,23,24,27). The fourth-order valence-corrected chi connectivity index (χ4v) is 4.06. The summed E-state index contributed by atoms with van der Waals surface area (Å²) >= 11 is 1.44. The number of rotatable bonds is 4. The number of benzene rings is 2. The van der Waals surface area contributed by atoms with Gasteiger partial charge in [0.05, 0.1) is 12.2 Å². The molecule has 7 heteroatoms. The van der Waals surface area contributed by atoms with Gasteiger partial charge in [-0.2, -0.15) is 0 Å². The minimum absolute atomic E-state index is 0.131. The van der Waals surface area contributed by atoms with E-state index in [0.29, 0.717) is 16.6 Å². The average molecular weight is 407 g/mol. The first kappa shape index (κ1) is 19.1. The van der Waals surface area contributed by atoms with Gasteiger partial charge < -0.3 is 9.64 Å². The highest BCUT2D eigenvalue weighted by Gasteiger charge is 2.32. The topological polar surface area (TPSA) is 71.5 Å². The van der Waals surface area contributed by atoms with Crippen LogP contribution in [-0.4, -0.2) is 29.4 Å². The van der Waals surface area contributed by atoms with E-state index in [4.69, 9.17) is 4.74 Å². The molecule has 2 aromatic carbocycles. The summed E-state index contributed by atoms with van der Waals surface area (Å²) in [6.07, 6.45) is 1.75. The third-order valence-electron chi connectivity index (χ3n) is 4.73. The lowest BCUT2D eigenvalue weighted by atomic mass is 10.1. The maximum absolute atomic E-state index is 12.7. The van der Waals surface area contributed by atoms with Gasteiger partial charge in [0.15, 0.2) is 11.2 Å². The number of para-hydroxylation sites is 2. The molecule has 1 N–H and O–H groups in total. The van der Waals surface area contributed by atoms with Crippen molar-refractivity contribution in [2.75, 3.05) is 16.8 Å². The van der Waals surface area contributed by atoms with E-state index in [1.54, 1.807) is 17.2 Å². The molecule has 1 aliphatic rings. The second-order valence-electron chi connectivity index (χ2n) is 6.99. The van der Waals surface area contributed by atoms with Gasteiger partial charge in [0.2, 0.25) is 5.91 Å². The molecule has 0 radical (unpaired) electrons. The number of amides is 2. The maximum Gasteiger partial charge on any atom is 0.269 e. The van der Waals surface area contributed by atoms with Crippen LogP contribution in [0.4, 0.5) is 10.8 Å². The smallest absolute Gasteiger partial charge is 0.269 e. The van der Waals surface area contributed by atoms with Gasteiger partial charge in [0.1, 0.15) is 5.75 Å². The van der Waals surface area contributed by atoms with Gasteiger partial charge in [0, 0.05) is 24.4 Å². The van der Waals surface area contributed by atoms with Gasteiger partial charge in [-0.25, -0.2) is 4.98 Å². The van der Waals surface area contributed by atoms with Crippen molar-refractivity contribution < 1.29 is 14.3 Å². The molecular formula is C22H21N3O3S. The van der Waals surface area contributed by atoms with Crippen LogP contribution in [0.3, 0.4) is 0 Å². The first-order valence-electron chi connectivity index (χ1n) is 9.34. The number of carbonyl (C=O) groups is 2. The lowest BCUT2D eigenvalue weighted by Gasteiger charge is -2.33. The summed E-state index contributed by atoms with van der Waals surface area (Å²) in [5.41, 5.74) is 3.10. The van der Waals surface area contributed by atoms with E-state index in [1.807, 2.05) is 18.2 Å². The molecule has 1 aromatic heterocycles. The first-order chi connectivity index (χ1) is 14.0. The second kappa shape index (κ2) is 8.05. The van der Waals surface area contributed by atoms with E-state index in [-0.39, 0.29) is 18.4 Å². The Hall–Kier alpha value is -3.19. The lowest BCUT2D eigenvalue weighted by Crippen LogP contribution is -2.48. The molecule has 0 spiro atoms. The number of nitrogens with zero attached hydrogens (tertiary/aromatic N) is 2. The fraction of sp³-hybridized carbons (Fsp3) is 0.227. The van der Waals surface area contributed by atoms with Crippen molar-refractivity contribution in [2.45, 2.75) is 26.4 Å². The highest BCUT2D eigenvalue weighted by atomic mass is 32.1. The highest BCUT2D eigenvalue weighted by molar-refractivity contribution is 7.15. The van der Waals surface area contributed by atoms with Crippen LogP contribution < -0.4 is 15.0 Å². The van der Waals surface area contributed by atoms with Gasteiger partial charge in [-0.1, -0.05) is 42.0 Å². The Morgan fingerprint density at radius 1 is 1.21 bits per heavy atom. The van der Waals surface area contributed by atoms with Crippen LogP contribution in [0.15, 0.2) is 54.7 Å². The predicted octanol–water partition coefficient (Wildman–Crippen LogP) is 3.79. The first-order valence-corrected chi connectivity index (χ1v) is 10.2. The second-order valence-corrected chi connectivity index (χ2v) is 8.10. The molecule has 148 valence electrons. The van der Waals surface area contributed by atoms with E-state index in [1.165, 1.54) is 29.4 Å². The number of nitrogens with one attached hydrogen (secondary N) is 1. The zero-order chi connectivity index (χ0) is 20.4. The number of fused-ring (bicyclic) bond motifs is 1. The summed E-state index contributed by atoms with van der Waals surface area (Å²) in [6.45, 7) is 3.71. The third kappa shape index (κ3) is 4.30. The van der Waals surface area contributed by atoms with Crippen molar-refractivity contribution in [2.24, 2.45) is 0 Å². The Morgan fingerprint density at radius 3 is 2.72 bits per heavy atom. The zero-order valence-corrected chi connectivity index (χ0v) is 17.0. The van der Waals surface area contributed by atoms with E-state index >= 15 is 0 Å². The van der Waals surface area contributed by atoms with E-state index in [2.05, 4.69) is 41.5 Å². The summed E-state index contributed by atoms with van der Waals surface area (Å²) in [7, 11) is 0. The number of anilines is 2. The molecule has 0 bridgehead atoms. The predicted molar refractivity (Wildman–Crippen MR) is 114 cm³/mol. The molecular weight excluding hydrogens is 386 g/mol. The molecule has 29 heavy (non-hydrogen) atoms. The van der Waals surface area contributed by atoms with Crippen LogP contribution in [0.2, 0.25) is 0 Å². The summed E-state index contributed by atoms with van der Waals surface area (Å²) in [5.74, 6) is 0.0727. The molecule has 4 rings (SSSR count). The summed E-state index contributed by atoms with van der Waals surface area (Å²) < 4.78 is 5.83. The summed E-state index contributed by atoms with van der Waals surface area (Å²) in [4.78, 5) is 31.7. The zero-order valence-electron chi connectivity index (χ0n) is 16.2. The number of aryl methyl sites for hydroxylation is 1. The third-order valence-corrected chi connectivity index (χ3v) is 5.64. The molecule has 1 atom stereocenters. The summed E-state index contributed by atoms with van der Waals surface area (Å²) in [6, 6.07) is 15.6. The number of ether oxygens (including phenoxy) is 1. The van der Waals surface area contributed by atoms with Crippen molar-refractivity contribution >= 4 is 34.0 Å². The minimum Gasteiger partial charge on any atom is -0.476 e. The Morgan fingerprint density at radius 2 is 1.97 bits per heavy atom. The molecule has 2 heterocycles. The molecule has 2 amide bonds. The lowest BCUT2D eigenvalue weighted by molar-refractivity contribution is -0.123. The Bertz CT molecular complexity index is 1050. The molecule has 6 nitrogen and oxygen atoms in total. The van der Waals surface area contributed by atoms with Gasteiger partial charge in [0.25, 0.3) is 5.91 Å². The normalized spacial score (nSPS) is 15.4. The van der Waals surface area contributed by atoms with Gasteiger partial charge in [-0.05, 0) is 24.6 Å². The van der Waals surface area contributed by atoms with Crippen molar-refractivity contribution in [3.8, 4) is 5.75 Å². The number of carbonyl (C=O) groups excluding carboxylic acids is 2. The molecule has 0 fully saturated rings. The Labute approximate surface area is 173 Å². The van der Waals surface area contributed by atoms with Crippen molar-refractivity contribution in [3.05, 3.63) is 70.7 Å². The highest BCUT2D eigenvalue weighted by Crippen LogP contribution is 2.33. The van der Waals surface area contributed by atoms with Crippen LogP contribution in [0.1, 0.15) is 22.9 Å². The minimum atomic E-state index is -0.793. The van der Waals surface area contributed by atoms with Gasteiger partial charge >= 0.3 is 0 Å². The monoisotopic (exact) mass is 407 g/mol. The molecule has 3 aromatic rings. The van der Waals surface area contributed by atoms with Gasteiger partial charge in [-0.15, -0.1) is 11.3 Å².